The van der Waals surface area contributed by atoms with Crippen molar-refractivity contribution in [3.8, 4) is 16.9 Å². The number of halogens is 2. The summed E-state index contributed by atoms with van der Waals surface area (Å²) >= 11 is 1.27. The number of rotatable bonds is 7. The number of benzene rings is 2. The third-order valence-corrected chi connectivity index (χ3v) is 5.43. The van der Waals surface area contributed by atoms with E-state index in [0.717, 1.165) is 30.6 Å². The van der Waals surface area contributed by atoms with Crippen LogP contribution in [0.1, 0.15) is 46.4 Å². The first-order chi connectivity index (χ1) is 13.5. The minimum Gasteiger partial charge on any atom is -0.418 e. The van der Waals surface area contributed by atoms with Crippen LogP contribution in [-0.2, 0) is 6.42 Å². The number of nitrogens with zero attached hydrogens (tertiary/aromatic N) is 1. The molecule has 0 atom stereocenters. The molecule has 1 aromatic heterocycles. The highest BCUT2D eigenvalue weighted by molar-refractivity contribution is 7.13. The molecule has 1 heterocycles. The SMILES string of the molecule is CCCCCc1cnc(C(=O)Oc2ccc(-c3ccc(C)c(F)c3)cc2F)s1. The predicted octanol–water partition coefficient (Wildman–Crippen LogP) is 6.35. The predicted molar refractivity (Wildman–Crippen MR) is 107 cm³/mol. The van der Waals surface area contributed by atoms with Crippen LogP contribution in [0.5, 0.6) is 5.75 Å². The van der Waals surface area contributed by atoms with Gasteiger partial charge in [0.25, 0.3) is 0 Å². The summed E-state index contributed by atoms with van der Waals surface area (Å²) in [6.45, 7) is 3.79. The first-order valence-electron chi connectivity index (χ1n) is 9.21. The number of carbonyl (C=O) groups excluding carboxylic acids is 1. The van der Waals surface area contributed by atoms with Crippen LogP contribution in [0.3, 0.4) is 0 Å². The molecule has 6 heteroatoms. The number of carbonyl (C=O) groups is 1. The Morgan fingerprint density at radius 3 is 2.46 bits per heavy atom. The lowest BCUT2D eigenvalue weighted by Gasteiger charge is -2.07. The molecule has 0 aliphatic heterocycles. The number of aromatic nitrogens is 1. The molecule has 0 aliphatic carbocycles. The van der Waals surface area contributed by atoms with E-state index in [9.17, 15) is 13.6 Å². The fraction of sp³-hybridized carbons (Fsp3) is 0.273. The summed E-state index contributed by atoms with van der Waals surface area (Å²) in [4.78, 5) is 17.4. The van der Waals surface area contributed by atoms with Crippen molar-refractivity contribution in [3.63, 3.8) is 0 Å². The molecule has 0 unspecified atom stereocenters. The van der Waals surface area contributed by atoms with E-state index in [-0.39, 0.29) is 16.6 Å². The number of aryl methyl sites for hydroxylation is 2. The monoisotopic (exact) mass is 401 g/mol. The van der Waals surface area contributed by atoms with Crippen molar-refractivity contribution in [1.82, 2.24) is 4.98 Å². The first kappa shape index (κ1) is 20.1. The standard InChI is InChI=1S/C22H21F2NO2S/c1-3-4-5-6-17-13-25-21(28-17)22(26)27-20-10-9-16(12-19(20)24)15-8-7-14(2)18(23)11-15/h7-13H,3-6H2,1-2H3. The maximum Gasteiger partial charge on any atom is 0.372 e. The summed E-state index contributed by atoms with van der Waals surface area (Å²) in [7, 11) is 0. The Morgan fingerprint density at radius 1 is 1.07 bits per heavy atom. The topological polar surface area (TPSA) is 39.2 Å². The van der Waals surface area contributed by atoms with E-state index in [2.05, 4.69) is 11.9 Å². The number of hydrogen-bond donors (Lipinski definition) is 0. The summed E-state index contributed by atoms with van der Waals surface area (Å²) in [5, 5.41) is 0.204. The van der Waals surface area contributed by atoms with Gasteiger partial charge in [-0.25, -0.2) is 18.6 Å². The minimum absolute atomic E-state index is 0.177. The maximum atomic E-state index is 14.4. The van der Waals surface area contributed by atoms with Gasteiger partial charge in [-0.3, -0.25) is 0 Å². The molecule has 0 aliphatic rings. The van der Waals surface area contributed by atoms with Gasteiger partial charge in [-0.05, 0) is 54.7 Å². The number of hydrogen-bond acceptors (Lipinski definition) is 4. The Morgan fingerprint density at radius 2 is 1.79 bits per heavy atom. The van der Waals surface area contributed by atoms with E-state index in [1.54, 1.807) is 31.3 Å². The van der Waals surface area contributed by atoms with Crippen LogP contribution >= 0.6 is 11.3 Å². The third-order valence-electron chi connectivity index (χ3n) is 4.39. The van der Waals surface area contributed by atoms with Crippen molar-refractivity contribution in [1.29, 1.82) is 0 Å². The van der Waals surface area contributed by atoms with Crippen molar-refractivity contribution in [2.75, 3.05) is 0 Å². The first-order valence-corrected chi connectivity index (χ1v) is 10.0. The van der Waals surface area contributed by atoms with E-state index in [4.69, 9.17) is 4.74 Å². The lowest BCUT2D eigenvalue weighted by atomic mass is 10.0. The maximum absolute atomic E-state index is 14.4. The molecule has 2 aromatic carbocycles. The number of esters is 1. The molecule has 0 radical (unpaired) electrons. The Balaban J connectivity index is 1.70. The van der Waals surface area contributed by atoms with E-state index < -0.39 is 11.8 Å². The van der Waals surface area contributed by atoms with Crippen molar-refractivity contribution in [3.05, 3.63) is 69.7 Å². The van der Waals surface area contributed by atoms with E-state index in [1.807, 2.05) is 0 Å². The van der Waals surface area contributed by atoms with E-state index >= 15 is 0 Å². The molecule has 3 aromatic rings. The summed E-state index contributed by atoms with van der Waals surface area (Å²) < 4.78 is 33.3. The molecule has 0 saturated carbocycles. The molecule has 0 bridgehead atoms. The van der Waals surface area contributed by atoms with Gasteiger partial charge >= 0.3 is 5.97 Å². The summed E-state index contributed by atoms with van der Waals surface area (Å²) in [5.74, 6) is -1.90. The highest BCUT2D eigenvalue weighted by Crippen LogP contribution is 2.28. The van der Waals surface area contributed by atoms with Crippen LogP contribution in [0.4, 0.5) is 8.78 Å². The highest BCUT2D eigenvalue weighted by Gasteiger charge is 2.17. The molecule has 28 heavy (non-hydrogen) atoms. The molecular weight excluding hydrogens is 380 g/mol. The second-order valence-corrected chi connectivity index (χ2v) is 7.70. The normalized spacial score (nSPS) is 10.9. The summed E-state index contributed by atoms with van der Waals surface area (Å²) in [6.07, 6.45) is 5.83. The summed E-state index contributed by atoms with van der Waals surface area (Å²) in [5.41, 5.74) is 1.58. The molecule has 0 fully saturated rings. The van der Waals surface area contributed by atoms with Gasteiger partial charge in [0.1, 0.15) is 5.82 Å². The zero-order chi connectivity index (χ0) is 20.1. The molecule has 0 N–H and O–H groups in total. The molecule has 3 nitrogen and oxygen atoms in total. The molecule has 3 rings (SSSR count). The minimum atomic E-state index is -0.688. The van der Waals surface area contributed by atoms with E-state index in [1.165, 1.54) is 29.5 Å². The number of ether oxygens (including phenoxy) is 1. The van der Waals surface area contributed by atoms with Gasteiger partial charge in [0, 0.05) is 11.1 Å². The Labute approximate surface area is 167 Å². The average Bonchev–Trinajstić information content (AvgIpc) is 3.15. The van der Waals surface area contributed by atoms with Crippen LogP contribution in [0, 0.1) is 18.6 Å². The van der Waals surface area contributed by atoms with Gasteiger partial charge < -0.3 is 4.74 Å². The van der Waals surface area contributed by atoms with E-state index in [0.29, 0.717) is 16.7 Å². The van der Waals surface area contributed by atoms with Crippen LogP contribution in [-0.4, -0.2) is 11.0 Å². The lowest BCUT2D eigenvalue weighted by Crippen LogP contribution is -2.09. The van der Waals surface area contributed by atoms with Crippen molar-refractivity contribution in [2.45, 2.75) is 39.5 Å². The van der Waals surface area contributed by atoms with Crippen LogP contribution in [0.15, 0.2) is 42.6 Å². The molecule has 0 amide bonds. The summed E-state index contributed by atoms with van der Waals surface area (Å²) in [6, 6.07) is 8.89. The fourth-order valence-electron chi connectivity index (χ4n) is 2.75. The molecular formula is C22H21F2NO2S. The van der Waals surface area contributed by atoms with Crippen molar-refractivity contribution in [2.24, 2.45) is 0 Å². The Bertz CT molecular complexity index is 984. The third kappa shape index (κ3) is 4.81. The van der Waals surface area contributed by atoms with Crippen LogP contribution in [0.2, 0.25) is 0 Å². The van der Waals surface area contributed by atoms with Gasteiger partial charge in [0.2, 0.25) is 5.01 Å². The highest BCUT2D eigenvalue weighted by atomic mass is 32.1. The number of thiazole rings is 1. The molecule has 146 valence electrons. The van der Waals surface area contributed by atoms with Gasteiger partial charge in [0.05, 0.1) is 0 Å². The second-order valence-electron chi connectivity index (χ2n) is 6.59. The smallest absolute Gasteiger partial charge is 0.372 e. The number of unbranched alkanes of at least 4 members (excludes halogenated alkanes) is 2. The molecule has 0 spiro atoms. The molecule has 0 saturated heterocycles. The van der Waals surface area contributed by atoms with Gasteiger partial charge in [-0.15, -0.1) is 11.3 Å². The quantitative estimate of drug-likeness (QED) is 0.263. The Hall–Kier alpha value is -2.60. The van der Waals surface area contributed by atoms with Gasteiger partial charge in [0.15, 0.2) is 11.6 Å². The van der Waals surface area contributed by atoms with Crippen LogP contribution in [0.25, 0.3) is 11.1 Å². The van der Waals surface area contributed by atoms with Crippen LogP contribution < -0.4 is 4.74 Å². The van der Waals surface area contributed by atoms with Gasteiger partial charge in [-0.1, -0.05) is 38.0 Å². The largest absolute Gasteiger partial charge is 0.418 e. The fourth-order valence-corrected chi connectivity index (χ4v) is 3.58. The van der Waals surface area contributed by atoms with Crippen molar-refractivity contribution >= 4 is 17.3 Å². The van der Waals surface area contributed by atoms with Gasteiger partial charge in [-0.2, -0.15) is 0 Å². The zero-order valence-electron chi connectivity index (χ0n) is 15.8. The lowest BCUT2D eigenvalue weighted by molar-refractivity contribution is 0.0727. The second kappa shape index (κ2) is 9.06. The Kier molecular flexibility index (Phi) is 6.52. The average molecular weight is 401 g/mol. The zero-order valence-corrected chi connectivity index (χ0v) is 16.6. The van der Waals surface area contributed by atoms with Crippen molar-refractivity contribution < 1.29 is 18.3 Å².